The summed E-state index contributed by atoms with van der Waals surface area (Å²) in [4.78, 5) is 29.7. The van der Waals surface area contributed by atoms with E-state index < -0.39 is 5.91 Å². The van der Waals surface area contributed by atoms with Gasteiger partial charge in [0.1, 0.15) is 5.57 Å². The molecule has 0 aromatic heterocycles. The van der Waals surface area contributed by atoms with Crippen LogP contribution in [0.15, 0.2) is 84.4 Å². The van der Waals surface area contributed by atoms with Crippen molar-refractivity contribution in [2.45, 2.75) is 25.9 Å². The van der Waals surface area contributed by atoms with Crippen LogP contribution in [0.4, 0.5) is 5.69 Å². The molecule has 0 aliphatic carbocycles. The van der Waals surface area contributed by atoms with Gasteiger partial charge in [0.25, 0.3) is 11.8 Å². The van der Waals surface area contributed by atoms with Crippen molar-refractivity contribution in [1.29, 1.82) is 0 Å². The number of amides is 2. The fourth-order valence-corrected chi connectivity index (χ4v) is 4.76. The van der Waals surface area contributed by atoms with Gasteiger partial charge >= 0.3 is 0 Å². The zero-order chi connectivity index (χ0) is 23.5. The lowest BCUT2D eigenvalue weighted by molar-refractivity contribution is -0.129. The van der Waals surface area contributed by atoms with Crippen LogP contribution in [-0.4, -0.2) is 28.4 Å². The predicted octanol–water partition coefficient (Wildman–Crippen LogP) is 4.47. The first kappa shape index (κ1) is 22.0. The molecule has 2 aliphatic heterocycles. The van der Waals surface area contributed by atoms with Gasteiger partial charge in [-0.1, -0.05) is 66.7 Å². The maximum Gasteiger partial charge on any atom is 0.265 e. The molecule has 1 saturated heterocycles. The highest BCUT2D eigenvalue weighted by molar-refractivity contribution is 7.80. The van der Waals surface area contributed by atoms with Crippen LogP contribution in [0.25, 0.3) is 6.08 Å². The molecule has 5 nitrogen and oxygen atoms in total. The van der Waals surface area contributed by atoms with Crippen LogP contribution in [0.1, 0.15) is 28.7 Å². The zero-order valence-corrected chi connectivity index (χ0v) is 19.6. The summed E-state index contributed by atoms with van der Waals surface area (Å²) < 4.78 is 0. The Labute approximate surface area is 204 Å². The summed E-state index contributed by atoms with van der Waals surface area (Å²) in [5, 5.41) is 2.81. The summed E-state index contributed by atoms with van der Waals surface area (Å²) in [6.45, 7) is 2.19. The van der Waals surface area contributed by atoms with E-state index in [4.69, 9.17) is 12.2 Å². The van der Waals surface area contributed by atoms with Crippen molar-refractivity contribution in [1.82, 2.24) is 10.2 Å². The van der Waals surface area contributed by atoms with E-state index in [0.717, 1.165) is 37.1 Å². The normalized spacial score (nSPS) is 17.1. The molecule has 3 aromatic rings. The van der Waals surface area contributed by atoms with Gasteiger partial charge in [0.15, 0.2) is 5.11 Å². The molecule has 2 aliphatic rings. The van der Waals surface area contributed by atoms with Crippen LogP contribution in [0.2, 0.25) is 0 Å². The molecule has 0 saturated carbocycles. The van der Waals surface area contributed by atoms with Crippen LogP contribution in [0, 0.1) is 0 Å². The van der Waals surface area contributed by atoms with E-state index in [-0.39, 0.29) is 16.6 Å². The van der Waals surface area contributed by atoms with Gasteiger partial charge in [-0.2, -0.15) is 0 Å². The lowest BCUT2D eigenvalue weighted by atomic mass is 9.97. The van der Waals surface area contributed by atoms with Crippen molar-refractivity contribution in [3.63, 3.8) is 0 Å². The Morgan fingerprint density at radius 1 is 0.882 bits per heavy atom. The maximum atomic E-state index is 13.2. The molecular formula is C28H25N3O2S. The number of benzene rings is 3. The third-order valence-corrected chi connectivity index (χ3v) is 6.54. The monoisotopic (exact) mass is 467 g/mol. The first-order chi connectivity index (χ1) is 16.6. The van der Waals surface area contributed by atoms with E-state index in [1.54, 1.807) is 6.08 Å². The molecule has 0 atom stereocenters. The number of nitrogens with one attached hydrogen (secondary N) is 1. The minimum Gasteiger partial charge on any atom is -0.367 e. The van der Waals surface area contributed by atoms with E-state index in [1.807, 2.05) is 42.5 Å². The fraction of sp³-hybridized carbons (Fsp3) is 0.179. The predicted molar refractivity (Wildman–Crippen MR) is 138 cm³/mol. The van der Waals surface area contributed by atoms with Crippen molar-refractivity contribution in [3.05, 3.63) is 107 Å². The van der Waals surface area contributed by atoms with Gasteiger partial charge < -0.3 is 4.90 Å². The number of anilines is 1. The molecule has 6 heteroatoms. The topological polar surface area (TPSA) is 52.7 Å². The highest BCUT2D eigenvalue weighted by Gasteiger charge is 2.33. The standard InChI is InChI=1S/C28H25N3O2S/c32-26-24(27(33)31(28(34)29-26)19-21-10-5-2-6-11-21)17-22-13-14-25-23(16-22)12-7-15-30(25)18-20-8-3-1-4-9-20/h1-6,8-11,13-14,16-17H,7,12,15,18-19H2,(H,29,32,34)/b24-17+. The van der Waals surface area contributed by atoms with Crippen LogP contribution in [0.3, 0.4) is 0 Å². The lowest BCUT2D eigenvalue weighted by Gasteiger charge is -2.32. The number of nitrogens with zero attached hydrogens (tertiary/aromatic N) is 2. The summed E-state index contributed by atoms with van der Waals surface area (Å²) in [6, 6.07) is 26.2. The molecule has 1 N–H and O–H groups in total. The van der Waals surface area contributed by atoms with Crippen molar-refractivity contribution in [2.75, 3.05) is 11.4 Å². The molecule has 0 unspecified atom stereocenters. The third kappa shape index (κ3) is 4.63. The SMILES string of the molecule is O=C1NC(=S)N(Cc2ccccc2)C(=O)/C1=C/c1ccc2c(c1)CCCN2Cc1ccccc1. The Hall–Kier alpha value is -3.77. The average Bonchev–Trinajstić information content (AvgIpc) is 2.86. The minimum atomic E-state index is -0.456. The summed E-state index contributed by atoms with van der Waals surface area (Å²) in [6.07, 6.45) is 3.72. The van der Waals surface area contributed by atoms with Gasteiger partial charge in [0, 0.05) is 18.8 Å². The second-order valence-electron chi connectivity index (χ2n) is 8.59. The van der Waals surface area contributed by atoms with Crippen LogP contribution in [0.5, 0.6) is 0 Å². The quantitative estimate of drug-likeness (QED) is 0.342. The molecule has 170 valence electrons. The van der Waals surface area contributed by atoms with Crippen molar-refractivity contribution in [3.8, 4) is 0 Å². The molecule has 5 rings (SSSR count). The fourth-order valence-electron chi connectivity index (χ4n) is 4.52. The number of fused-ring (bicyclic) bond motifs is 1. The van der Waals surface area contributed by atoms with Crippen LogP contribution < -0.4 is 10.2 Å². The van der Waals surface area contributed by atoms with E-state index in [2.05, 4.69) is 46.6 Å². The van der Waals surface area contributed by atoms with E-state index in [0.29, 0.717) is 6.54 Å². The summed E-state index contributed by atoms with van der Waals surface area (Å²) in [5.41, 5.74) is 5.61. The molecule has 2 amide bonds. The van der Waals surface area contributed by atoms with Crippen LogP contribution in [-0.2, 0) is 29.1 Å². The lowest BCUT2D eigenvalue weighted by Crippen LogP contribution is -2.53. The molecule has 2 heterocycles. The van der Waals surface area contributed by atoms with Crippen molar-refractivity contribution in [2.24, 2.45) is 0 Å². The van der Waals surface area contributed by atoms with E-state index >= 15 is 0 Å². The molecule has 34 heavy (non-hydrogen) atoms. The molecular weight excluding hydrogens is 442 g/mol. The molecule has 0 spiro atoms. The Kier molecular flexibility index (Phi) is 6.23. The number of hydrogen-bond donors (Lipinski definition) is 1. The van der Waals surface area contributed by atoms with Gasteiger partial charge in [0.2, 0.25) is 0 Å². The number of aryl methyl sites for hydroxylation is 1. The van der Waals surface area contributed by atoms with E-state index in [9.17, 15) is 9.59 Å². The number of hydrogen-bond acceptors (Lipinski definition) is 4. The Balaban J connectivity index is 1.39. The zero-order valence-electron chi connectivity index (χ0n) is 18.7. The maximum absolute atomic E-state index is 13.2. The van der Waals surface area contributed by atoms with Crippen molar-refractivity contribution >= 4 is 40.9 Å². The van der Waals surface area contributed by atoms with Gasteiger partial charge in [-0.25, -0.2) is 0 Å². The average molecular weight is 468 g/mol. The smallest absolute Gasteiger partial charge is 0.265 e. The number of carbonyl (C=O) groups is 2. The molecule has 0 radical (unpaired) electrons. The highest BCUT2D eigenvalue weighted by atomic mass is 32.1. The molecule has 1 fully saturated rings. The summed E-state index contributed by atoms with van der Waals surface area (Å²) in [7, 11) is 0. The largest absolute Gasteiger partial charge is 0.367 e. The Morgan fingerprint density at radius 3 is 2.26 bits per heavy atom. The number of thiocarbonyl (C=S) groups is 1. The van der Waals surface area contributed by atoms with Gasteiger partial charge in [-0.05, 0) is 65.5 Å². The second kappa shape index (κ2) is 9.61. The van der Waals surface area contributed by atoms with Crippen LogP contribution >= 0.6 is 12.2 Å². The number of carbonyl (C=O) groups excluding carboxylic acids is 2. The third-order valence-electron chi connectivity index (χ3n) is 6.21. The minimum absolute atomic E-state index is 0.0985. The molecule has 3 aromatic carbocycles. The first-order valence-electron chi connectivity index (χ1n) is 11.4. The Morgan fingerprint density at radius 2 is 1.56 bits per heavy atom. The second-order valence-corrected chi connectivity index (χ2v) is 8.98. The van der Waals surface area contributed by atoms with Crippen molar-refractivity contribution < 1.29 is 9.59 Å². The molecule has 0 bridgehead atoms. The van der Waals surface area contributed by atoms with Gasteiger partial charge in [0.05, 0.1) is 6.54 Å². The van der Waals surface area contributed by atoms with E-state index in [1.165, 1.54) is 21.7 Å². The van der Waals surface area contributed by atoms with Gasteiger partial charge in [-0.15, -0.1) is 0 Å². The summed E-state index contributed by atoms with van der Waals surface area (Å²) >= 11 is 5.28. The first-order valence-corrected chi connectivity index (χ1v) is 11.8. The van der Waals surface area contributed by atoms with Gasteiger partial charge in [-0.3, -0.25) is 19.8 Å². The number of rotatable bonds is 5. The highest BCUT2D eigenvalue weighted by Crippen LogP contribution is 2.30. The summed E-state index contributed by atoms with van der Waals surface area (Å²) in [5.74, 6) is -0.830. The Bertz CT molecular complexity index is 1270.